The summed E-state index contributed by atoms with van der Waals surface area (Å²) in [5.74, 6) is -8.56. The number of benzene rings is 4. The number of hydrogen-bond donors (Lipinski definition) is 19. The Hall–Kier alpha value is -10.7. The van der Waals surface area contributed by atoms with Gasteiger partial charge >= 0.3 is 0 Å². The standard InChI is InChI=1S/C77H119N21O14/c1-51(90-69(103)57(31-15-18-36-79)91-71(105)59(33-20-38-88-76(83)84)94-74(108)63(48-54-26-10-4-11-27-54)96-67(101)56(81)30-14-17-35-78)66(100)95-62(47-53-24-8-3-9-25-53)73(107)93-58(32-16-19-37-80)70(104)92-60(34-21-39-89-77(85)86)72(106)98-64(49-55-28-12-5-13-29-55)75(109)97-61(46-52-22-6-2-7-23-52)68(102)87-40-41-110-42-43-111-44-45-112-50-65(82)99/h2-13,22-29,51,56-64H,14-21,30-50,78-81H2,1H3,(H2,82,99)(H,87,102)(H,90,103)(H,91,105)(H,92,104)(H,93,107)(H,94,108)(H,95,100)(H,96,101)(H,97,109)(H,98,106)(H4,83,84,88)(H4,85,86,89)/t51-,56-,57-,58-,59-,60-,61-,62-,63-,64-/m0/s1. The summed E-state index contributed by atoms with van der Waals surface area (Å²) < 4.78 is 16.1. The Morgan fingerprint density at radius 3 is 0.964 bits per heavy atom. The molecule has 616 valence electrons. The fourth-order valence-electron chi connectivity index (χ4n) is 11.5. The first-order chi connectivity index (χ1) is 53.9. The van der Waals surface area contributed by atoms with Crippen LogP contribution in [-0.4, -0.2) is 216 Å². The van der Waals surface area contributed by atoms with Gasteiger partial charge in [-0.2, -0.15) is 0 Å². The molecule has 0 aliphatic rings. The molecule has 0 bridgehead atoms. The monoisotopic (exact) mass is 1560 g/mol. The third kappa shape index (κ3) is 39.3. The largest absolute Gasteiger partial charge is 0.377 e. The number of nitrogens with two attached hydrogens (primary N) is 9. The van der Waals surface area contributed by atoms with Crippen molar-refractivity contribution < 1.29 is 67.0 Å². The molecule has 10 atom stereocenters. The van der Waals surface area contributed by atoms with Crippen LogP contribution in [0.15, 0.2) is 131 Å². The van der Waals surface area contributed by atoms with E-state index in [0.717, 1.165) is 0 Å². The van der Waals surface area contributed by atoms with Crippen molar-refractivity contribution in [3.63, 3.8) is 0 Å². The first-order valence-corrected chi connectivity index (χ1v) is 38.1. The number of carbonyl (C=O) groups excluding carboxylic acids is 11. The SMILES string of the molecule is C[C@H](NC(=O)[C@H](CCCCN)NC(=O)[C@H](CCCN=C(N)N)NC(=O)[C@H](Cc1ccccc1)NC(=O)[C@@H](N)CCCCN)C(=O)N[C@@H](Cc1ccccc1)C(=O)N[C@@H](CCCCN)C(=O)N[C@@H](CCCN=C(N)N)C(=O)N[C@@H](Cc1ccccc1)C(=O)N[C@@H](Cc1ccccc1)C(=O)NCCOCCOCCOCC(N)=O. The van der Waals surface area contributed by atoms with E-state index in [0.29, 0.717) is 73.7 Å². The van der Waals surface area contributed by atoms with Crippen molar-refractivity contribution in [1.29, 1.82) is 0 Å². The van der Waals surface area contributed by atoms with Gasteiger partial charge in [0.25, 0.3) is 0 Å². The lowest BCUT2D eigenvalue weighted by Crippen LogP contribution is -2.60. The van der Waals surface area contributed by atoms with E-state index < -0.39 is 125 Å². The zero-order valence-electron chi connectivity index (χ0n) is 64.1. The lowest BCUT2D eigenvalue weighted by molar-refractivity contribution is -0.136. The summed E-state index contributed by atoms with van der Waals surface area (Å²) in [6.45, 7) is 2.98. The van der Waals surface area contributed by atoms with Gasteiger partial charge in [-0.3, -0.25) is 62.7 Å². The van der Waals surface area contributed by atoms with E-state index >= 15 is 0 Å². The van der Waals surface area contributed by atoms with E-state index in [2.05, 4.69) is 63.2 Å². The molecule has 4 aromatic carbocycles. The number of rotatable bonds is 58. The fraction of sp³-hybridized carbons (Fsp3) is 0.519. The number of guanidine groups is 2. The van der Waals surface area contributed by atoms with Crippen LogP contribution in [0.5, 0.6) is 0 Å². The molecule has 0 spiro atoms. The molecule has 0 radical (unpaired) electrons. The number of ether oxygens (including phenoxy) is 3. The van der Waals surface area contributed by atoms with Crippen molar-refractivity contribution >= 4 is 76.9 Å². The number of primary amides is 1. The minimum atomic E-state index is -1.42. The number of unbranched alkanes of at least 4 members (excludes halogenated alkanes) is 3. The van der Waals surface area contributed by atoms with Gasteiger partial charge in [-0.25, -0.2) is 0 Å². The normalized spacial score (nSPS) is 13.7. The molecule has 35 heteroatoms. The smallest absolute Gasteiger partial charge is 0.243 e. The third-order valence-electron chi connectivity index (χ3n) is 17.6. The van der Waals surface area contributed by atoms with Crippen molar-refractivity contribution in [3.05, 3.63) is 144 Å². The fourth-order valence-corrected chi connectivity index (χ4v) is 11.5. The van der Waals surface area contributed by atoms with E-state index in [9.17, 15) is 52.7 Å². The molecule has 112 heavy (non-hydrogen) atoms. The Labute approximate surface area is 654 Å². The van der Waals surface area contributed by atoms with Crippen LogP contribution in [0.2, 0.25) is 0 Å². The highest BCUT2D eigenvalue weighted by atomic mass is 16.5. The average Bonchev–Trinajstić information content (AvgIpc) is 0.856. The summed E-state index contributed by atoms with van der Waals surface area (Å²) in [6.07, 6.45) is 3.07. The van der Waals surface area contributed by atoms with E-state index in [1.165, 1.54) is 6.92 Å². The topological polar surface area (TPSA) is 595 Å². The van der Waals surface area contributed by atoms with Crippen LogP contribution in [0.3, 0.4) is 0 Å². The lowest BCUT2D eigenvalue weighted by atomic mass is 10.0. The minimum Gasteiger partial charge on any atom is -0.377 e. The van der Waals surface area contributed by atoms with Gasteiger partial charge < -0.3 is 119 Å². The molecule has 0 heterocycles. The molecular weight excluding hydrogens is 1440 g/mol. The predicted octanol–water partition coefficient (Wildman–Crippen LogP) is -3.19. The van der Waals surface area contributed by atoms with Gasteiger partial charge in [0.05, 0.1) is 39.1 Å². The zero-order valence-corrected chi connectivity index (χ0v) is 64.1. The Morgan fingerprint density at radius 2 is 0.616 bits per heavy atom. The Bertz CT molecular complexity index is 3550. The van der Waals surface area contributed by atoms with Gasteiger partial charge in [0, 0.05) is 45.3 Å². The summed E-state index contributed by atoms with van der Waals surface area (Å²) in [6, 6.07) is 22.4. The molecule has 28 N–H and O–H groups in total. The molecule has 0 aromatic heterocycles. The maximum atomic E-state index is 14.9. The quantitative estimate of drug-likeness (QED) is 0.0118. The summed E-state index contributed by atoms with van der Waals surface area (Å²) >= 11 is 0. The molecule has 0 unspecified atom stereocenters. The van der Waals surface area contributed by atoms with E-state index in [1.54, 1.807) is 121 Å². The highest BCUT2D eigenvalue weighted by Gasteiger charge is 2.36. The first-order valence-electron chi connectivity index (χ1n) is 38.1. The van der Waals surface area contributed by atoms with Crippen LogP contribution in [0.25, 0.3) is 0 Å². The van der Waals surface area contributed by atoms with Crippen molar-refractivity contribution in [2.24, 2.45) is 61.6 Å². The van der Waals surface area contributed by atoms with Crippen LogP contribution in [0.1, 0.15) is 113 Å². The van der Waals surface area contributed by atoms with Crippen LogP contribution in [0.4, 0.5) is 0 Å². The molecule has 4 aromatic rings. The van der Waals surface area contributed by atoms with Crippen LogP contribution >= 0.6 is 0 Å². The van der Waals surface area contributed by atoms with Crippen molar-refractivity contribution in [2.75, 3.05) is 78.9 Å². The van der Waals surface area contributed by atoms with E-state index in [4.69, 9.17) is 65.8 Å². The van der Waals surface area contributed by atoms with Crippen LogP contribution in [-0.2, 0) is 92.6 Å². The molecule has 0 saturated heterocycles. The summed E-state index contributed by atoms with van der Waals surface area (Å²) in [5, 5.41) is 27.8. The third-order valence-corrected chi connectivity index (χ3v) is 17.6. The summed E-state index contributed by atoms with van der Waals surface area (Å²) in [5.41, 5.74) is 54.0. The number of aliphatic imine (C=N–C) groups is 2. The Morgan fingerprint density at radius 1 is 0.330 bits per heavy atom. The van der Waals surface area contributed by atoms with Gasteiger partial charge in [-0.1, -0.05) is 128 Å². The Kier molecular flexibility index (Phi) is 45.9. The molecule has 0 saturated carbocycles. The van der Waals surface area contributed by atoms with E-state index in [-0.39, 0.29) is 148 Å². The van der Waals surface area contributed by atoms with Gasteiger partial charge in [-0.05, 0) is 126 Å². The van der Waals surface area contributed by atoms with Crippen molar-refractivity contribution in [2.45, 2.75) is 176 Å². The summed E-state index contributed by atoms with van der Waals surface area (Å²) in [7, 11) is 0. The van der Waals surface area contributed by atoms with Gasteiger partial charge in [0.1, 0.15) is 61.0 Å². The van der Waals surface area contributed by atoms with Gasteiger partial charge in [0.2, 0.25) is 65.0 Å². The zero-order chi connectivity index (χ0) is 81.8. The maximum absolute atomic E-state index is 14.9. The molecule has 4 rings (SSSR count). The number of amides is 11. The molecule has 11 amide bonds. The average molecular weight is 1560 g/mol. The molecule has 0 aliphatic heterocycles. The highest BCUT2D eigenvalue weighted by Crippen LogP contribution is 2.14. The second-order valence-corrected chi connectivity index (χ2v) is 26.9. The number of nitrogens with zero attached hydrogens (tertiary/aromatic N) is 2. The van der Waals surface area contributed by atoms with Crippen LogP contribution < -0.4 is 105 Å². The lowest BCUT2D eigenvalue weighted by Gasteiger charge is -2.28. The molecular formula is C77H119N21O14. The molecule has 0 fully saturated rings. The highest BCUT2D eigenvalue weighted by molar-refractivity contribution is 5.99. The second kappa shape index (κ2) is 54.8. The first kappa shape index (κ1) is 93.7. The second-order valence-electron chi connectivity index (χ2n) is 26.9. The molecule has 0 aliphatic carbocycles. The predicted molar refractivity (Wildman–Crippen MR) is 425 cm³/mol. The Balaban J connectivity index is 1.60. The van der Waals surface area contributed by atoms with E-state index in [1.807, 2.05) is 0 Å². The van der Waals surface area contributed by atoms with Crippen molar-refractivity contribution in [1.82, 2.24) is 53.2 Å². The minimum absolute atomic E-state index is 0.00968. The van der Waals surface area contributed by atoms with Crippen LogP contribution in [0, 0.1) is 0 Å². The molecule has 35 nitrogen and oxygen atoms in total. The number of carbonyl (C=O) groups is 11. The number of hydrogen-bond acceptors (Lipinski definition) is 20. The number of nitrogens with one attached hydrogen (secondary N) is 10. The summed E-state index contributed by atoms with van der Waals surface area (Å²) in [4.78, 5) is 164. The maximum Gasteiger partial charge on any atom is 0.243 e. The van der Waals surface area contributed by atoms with Gasteiger partial charge in [0.15, 0.2) is 11.9 Å². The van der Waals surface area contributed by atoms with Gasteiger partial charge in [-0.15, -0.1) is 0 Å². The van der Waals surface area contributed by atoms with Crippen molar-refractivity contribution in [3.8, 4) is 0 Å².